The minimum Gasteiger partial charge on any atom is -0.478 e. The van der Waals surface area contributed by atoms with Crippen molar-refractivity contribution in [3.8, 4) is 5.75 Å². The molecule has 0 bridgehead atoms. The highest BCUT2D eigenvalue weighted by Crippen LogP contribution is 2.35. The molecular formula is C18H26N2O4S. The van der Waals surface area contributed by atoms with Crippen molar-refractivity contribution in [1.29, 1.82) is 0 Å². The Kier molecular flexibility index (Phi) is 5.22. The number of sulfonamides is 1. The van der Waals surface area contributed by atoms with E-state index in [1.54, 1.807) is 12.1 Å². The average molecular weight is 366 g/mol. The van der Waals surface area contributed by atoms with Crippen LogP contribution in [-0.2, 0) is 14.8 Å². The Morgan fingerprint density at radius 2 is 1.92 bits per heavy atom. The van der Waals surface area contributed by atoms with Gasteiger partial charge < -0.3 is 10.1 Å². The second kappa shape index (κ2) is 7.23. The molecule has 7 heteroatoms. The maximum Gasteiger partial charge on any atom is 0.261 e. The largest absolute Gasteiger partial charge is 0.478 e. The van der Waals surface area contributed by atoms with Gasteiger partial charge in [-0.3, -0.25) is 9.10 Å². The number of carbonyl (C=O) groups excluding carboxylic acids is 1. The minimum atomic E-state index is -3.43. The van der Waals surface area contributed by atoms with Crippen LogP contribution in [0.2, 0.25) is 0 Å². The lowest BCUT2D eigenvalue weighted by molar-refractivity contribution is -0.129. The summed E-state index contributed by atoms with van der Waals surface area (Å²) in [6, 6.07) is 5.60. The van der Waals surface area contributed by atoms with Crippen LogP contribution in [0.4, 0.5) is 5.69 Å². The van der Waals surface area contributed by atoms with Crippen LogP contribution >= 0.6 is 0 Å². The van der Waals surface area contributed by atoms with E-state index < -0.39 is 16.1 Å². The van der Waals surface area contributed by atoms with Crippen molar-refractivity contribution in [2.24, 2.45) is 0 Å². The van der Waals surface area contributed by atoms with Gasteiger partial charge in [0.1, 0.15) is 5.75 Å². The molecule has 0 spiro atoms. The maximum absolute atomic E-state index is 12.6. The Morgan fingerprint density at radius 1 is 1.20 bits per heavy atom. The van der Waals surface area contributed by atoms with Crippen LogP contribution in [0.3, 0.4) is 0 Å². The van der Waals surface area contributed by atoms with Crippen LogP contribution in [0.25, 0.3) is 0 Å². The molecule has 1 fully saturated rings. The molecule has 1 saturated carbocycles. The van der Waals surface area contributed by atoms with Gasteiger partial charge in [0.25, 0.3) is 5.91 Å². The highest BCUT2D eigenvalue weighted by Gasteiger charge is 2.32. The molecule has 1 atom stereocenters. The van der Waals surface area contributed by atoms with E-state index in [-0.39, 0.29) is 18.5 Å². The second-order valence-electron chi connectivity index (χ2n) is 7.04. The number of aryl methyl sites for hydroxylation is 1. The molecule has 0 aromatic heterocycles. The number of hydrogen-bond acceptors (Lipinski definition) is 4. The number of carbonyl (C=O) groups is 1. The van der Waals surface area contributed by atoms with Crippen molar-refractivity contribution in [1.82, 2.24) is 5.32 Å². The van der Waals surface area contributed by atoms with Crippen molar-refractivity contribution < 1.29 is 17.9 Å². The zero-order chi connectivity index (χ0) is 18.0. The highest BCUT2D eigenvalue weighted by atomic mass is 32.2. The zero-order valence-corrected chi connectivity index (χ0v) is 15.6. The molecule has 1 N–H and O–H groups in total. The molecular weight excluding hydrogens is 340 g/mol. The Labute approximate surface area is 149 Å². The predicted octanol–water partition coefficient (Wildman–Crippen LogP) is 2.36. The summed E-state index contributed by atoms with van der Waals surface area (Å²) in [6.07, 6.45) is 6.35. The number of benzene rings is 1. The molecule has 1 aromatic rings. The topological polar surface area (TPSA) is 75.7 Å². The summed E-state index contributed by atoms with van der Waals surface area (Å²) in [4.78, 5) is 12.6. The van der Waals surface area contributed by atoms with Gasteiger partial charge >= 0.3 is 0 Å². The van der Waals surface area contributed by atoms with E-state index in [9.17, 15) is 13.2 Å². The molecule has 25 heavy (non-hydrogen) atoms. The van der Waals surface area contributed by atoms with E-state index in [1.165, 1.54) is 17.0 Å². The third kappa shape index (κ3) is 4.26. The number of nitrogens with zero attached hydrogens (tertiary/aromatic N) is 1. The summed E-state index contributed by atoms with van der Waals surface area (Å²) in [6.45, 7) is 2.14. The van der Waals surface area contributed by atoms with Gasteiger partial charge in [-0.25, -0.2) is 8.42 Å². The summed E-state index contributed by atoms with van der Waals surface area (Å²) >= 11 is 0. The molecule has 0 saturated heterocycles. The van der Waals surface area contributed by atoms with Gasteiger partial charge in [-0.05, 0) is 37.5 Å². The number of hydrogen-bond donors (Lipinski definition) is 1. The smallest absolute Gasteiger partial charge is 0.261 e. The Hall–Kier alpha value is -1.76. The molecule has 2 aliphatic rings. The van der Waals surface area contributed by atoms with Gasteiger partial charge in [0.15, 0.2) is 6.10 Å². The van der Waals surface area contributed by atoms with Gasteiger partial charge in [0.05, 0.1) is 11.9 Å². The third-order valence-electron chi connectivity index (χ3n) is 4.89. The summed E-state index contributed by atoms with van der Waals surface area (Å²) in [5, 5.41) is 3.08. The highest BCUT2D eigenvalue weighted by molar-refractivity contribution is 7.92. The zero-order valence-electron chi connectivity index (χ0n) is 14.8. The van der Waals surface area contributed by atoms with Crippen LogP contribution in [-0.4, -0.2) is 39.3 Å². The van der Waals surface area contributed by atoms with Crippen LogP contribution in [0, 0.1) is 6.92 Å². The molecule has 3 rings (SSSR count). The summed E-state index contributed by atoms with van der Waals surface area (Å²) < 4.78 is 31.6. The van der Waals surface area contributed by atoms with Crippen molar-refractivity contribution in [3.05, 3.63) is 23.8 Å². The van der Waals surface area contributed by atoms with Crippen LogP contribution in [0.1, 0.15) is 44.1 Å². The number of ether oxygens (including phenoxy) is 1. The fourth-order valence-electron chi connectivity index (χ4n) is 3.56. The first kappa shape index (κ1) is 18.0. The first-order valence-corrected chi connectivity index (χ1v) is 10.7. The summed E-state index contributed by atoms with van der Waals surface area (Å²) in [7, 11) is -3.43. The fraction of sp³-hybridized carbons (Fsp3) is 0.611. The van der Waals surface area contributed by atoms with Gasteiger partial charge in [0, 0.05) is 19.0 Å². The lowest BCUT2D eigenvalue weighted by Crippen LogP contribution is -2.45. The Morgan fingerprint density at radius 3 is 2.60 bits per heavy atom. The number of amides is 1. The lowest BCUT2D eigenvalue weighted by Gasteiger charge is -2.25. The molecule has 1 unspecified atom stereocenters. The van der Waals surface area contributed by atoms with E-state index in [0.29, 0.717) is 17.9 Å². The third-order valence-corrected chi connectivity index (χ3v) is 6.07. The van der Waals surface area contributed by atoms with Gasteiger partial charge in [0.2, 0.25) is 10.0 Å². The molecule has 0 radical (unpaired) electrons. The second-order valence-corrected chi connectivity index (χ2v) is 8.95. The number of anilines is 1. The summed E-state index contributed by atoms with van der Waals surface area (Å²) in [5.41, 5.74) is 1.46. The number of nitrogens with one attached hydrogen (secondary N) is 1. The van der Waals surface area contributed by atoms with E-state index >= 15 is 0 Å². The van der Waals surface area contributed by atoms with Crippen LogP contribution in [0.5, 0.6) is 5.75 Å². The normalized spacial score (nSPS) is 21.8. The monoisotopic (exact) mass is 366 g/mol. The Bertz CT molecular complexity index is 741. The SMILES string of the molecule is Cc1ccc2c(c1)N(S(C)(=O)=O)CCC(C(=O)NC1CCCCC1)O2. The molecule has 1 aliphatic heterocycles. The van der Waals surface area contributed by atoms with E-state index in [1.807, 2.05) is 13.0 Å². The quantitative estimate of drug-likeness (QED) is 0.891. The van der Waals surface area contributed by atoms with Crippen LogP contribution < -0.4 is 14.4 Å². The predicted molar refractivity (Wildman–Crippen MR) is 97.4 cm³/mol. The Balaban J connectivity index is 1.81. The molecule has 6 nitrogen and oxygen atoms in total. The van der Waals surface area contributed by atoms with E-state index in [2.05, 4.69) is 5.32 Å². The minimum absolute atomic E-state index is 0.145. The summed E-state index contributed by atoms with van der Waals surface area (Å²) in [5.74, 6) is 0.297. The lowest BCUT2D eigenvalue weighted by atomic mass is 9.95. The molecule has 1 aliphatic carbocycles. The van der Waals surface area contributed by atoms with Crippen molar-refractivity contribution >= 4 is 21.6 Å². The molecule has 1 aromatic carbocycles. The number of rotatable bonds is 3. The van der Waals surface area contributed by atoms with Gasteiger partial charge in [-0.2, -0.15) is 0 Å². The van der Waals surface area contributed by atoms with Crippen LogP contribution in [0.15, 0.2) is 18.2 Å². The molecule has 138 valence electrons. The van der Waals surface area contributed by atoms with Crippen molar-refractivity contribution in [2.75, 3.05) is 17.1 Å². The van der Waals surface area contributed by atoms with E-state index in [4.69, 9.17) is 4.74 Å². The number of fused-ring (bicyclic) bond motifs is 1. The first-order chi connectivity index (χ1) is 11.8. The van der Waals surface area contributed by atoms with Crippen molar-refractivity contribution in [2.45, 2.75) is 57.6 Å². The molecule has 1 heterocycles. The van der Waals surface area contributed by atoms with Gasteiger partial charge in [-0.15, -0.1) is 0 Å². The first-order valence-electron chi connectivity index (χ1n) is 8.90. The molecule has 1 amide bonds. The maximum atomic E-state index is 12.6. The van der Waals surface area contributed by atoms with Gasteiger partial charge in [-0.1, -0.05) is 25.3 Å². The average Bonchev–Trinajstić information content (AvgIpc) is 2.74. The standard InChI is InChI=1S/C18H26N2O4S/c1-13-8-9-16-15(12-13)20(25(2,22)23)11-10-17(24-16)18(21)19-14-6-4-3-5-7-14/h8-9,12,14,17H,3-7,10-11H2,1-2H3,(H,19,21). The van der Waals surface area contributed by atoms with E-state index in [0.717, 1.165) is 31.2 Å². The van der Waals surface area contributed by atoms with Crippen molar-refractivity contribution in [3.63, 3.8) is 0 Å². The fourth-order valence-corrected chi connectivity index (χ4v) is 4.50.